The van der Waals surface area contributed by atoms with E-state index in [1.807, 2.05) is 31.5 Å². The summed E-state index contributed by atoms with van der Waals surface area (Å²) in [6, 6.07) is 31.4. The van der Waals surface area contributed by atoms with Crippen molar-refractivity contribution in [3.63, 3.8) is 0 Å². The topological polar surface area (TPSA) is 38.1 Å². The molecule has 3 aromatic carbocycles. The van der Waals surface area contributed by atoms with Crippen molar-refractivity contribution in [3.05, 3.63) is 125 Å². The maximum Gasteiger partial charge on any atom is 0.121 e. The molecule has 0 aliphatic carbocycles. The zero-order valence-corrected chi connectivity index (χ0v) is 15.3. The van der Waals surface area contributed by atoms with Crippen LogP contribution in [0.2, 0.25) is 0 Å². The molecule has 0 aliphatic heterocycles. The van der Waals surface area contributed by atoms with E-state index in [1.54, 1.807) is 0 Å². The van der Waals surface area contributed by atoms with Gasteiger partial charge in [-0.1, -0.05) is 91.0 Å². The Balaban J connectivity index is 2.15. The fourth-order valence-corrected chi connectivity index (χ4v) is 3.90. The molecule has 0 atom stereocenters. The van der Waals surface area contributed by atoms with Crippen LogP contribution in [0.4, 0.5) is 0 Å². The number of hydrogen-bond donors (Lipinski definition) is 1. The lowest BCUT2D eigenvalue weighted by molar-refractivity contribution is 0.276. The molecule has 0 fully saturated rings. The molecule has 0 unspecified atom stereocenters. The first-order chi connectivity index (χ1) is 13.3. The first kappa shape index (κ1) is 17.3. The number of imidazole rings is 1. The van der Waals surface area contributed by atoms with Gasteiger partial charge in [-0.25, -0.2) is 4.98 Å². The monoisotopic (exact) mass is 354 g/mol. The second-order valence-corrected chi connectivity index (χ2v) is 6.61. The maximum atomic E-state index is 9.73. The molecule has 0 saturated carbocycles. The largest absolute Gasteiger partial charge is 0.390 e. The molecular weight excluding hydrogens is 332 g/mol. The summed E-state index contributed by atoms with van der Waals surface area (Å²) >= 11 is 0. The normalized spacial score (nSPS) is 11.5. The van der Waals surface area contributed by atoms with Gasteiger partial charge in [0.25, 0.3) is 0 Å². The Kier molecular flexibility index (Phi) is 4.61. The van der Waals surface area contributed by atoms with Crippen LogP contribution in [0.25, 0.3) is 0 Å². The summed E-state index contributed by atoms with van der Waals surface area (Å²) < 4.78 is 2.18. The van der Waals surface area contributed by atoms with E-state index in [2.05, 4.69) is 82.3 Å². The van der Waals surface area contributed by atoms with Crippen LogP contribution in [0.3, 0.4) is 0 Å². The van der Waals surface area contributed by atoms with Crippen molar-refractivity contribution >= 4 is 0 Å². The summed E-state index contributed by atoms with van der Waals surface area (Å²) in [5.41, 5.74) is 4.51. The predicted octanol–water partition coefficient (Wildman–Crippen LogP) is 4.52. The van der Waals surface area contributed by atoms with Gasteiger partial charge in [0.15, 0.2) is 0 Å². The van der Waals surface area contributed by atoms with Crippen LogP contribution in [0, 0.1) is 6.92 Å². The van der Waals surface area contributed by atoms with E-state index in [4.69, 9.17) is 0 Å². The van der Waals surface area contributed by atoms with Crippen molar-refractivity contribution in [2.75, 3.05) is 0 Å². The third-order valence-corrected chi connectivity index (χ3v) is 5.19. The number of aliphatic hydroxyl groups is 1. The van der Waals surface area contributed by atoms with Crippen LogP contribution in [-0.4, -0.2) is 14.7 Å². The van der Waals surface area contributed by atoms with Crippen LogP contribution in [0.15, 0.2) is 97.3 Å². The van der Waals surface area contributed by atoms with E-state index < -0.39 is 5.54 Å². The van der Waals surface area contributed by atoms with Crippen molar-refractivity contribution in [2.24, 2.45) is 0 Å². The highest BCUT2D eigenvalue weighted by Gasteiger charge is 2.39. The lowest BCUT2D eigenvalue weighted by atomic mass is 9.76. The van der Waals surface area contributed by atoms with Crippen LogP contribution >= 0.6 is 0 Å². The highest BCUT2D eigenvalue weighted by molar-refractivity contribution is 5.51. The minimum absolute atomic E-state index is 0.0761. The molecule has 4 aromatic rings. The molecule has 0 saturated heterocycles. The Bertz CT molecular complexity index is 912. The maximum absolute atomic E-state index is 9.73. The standard InChI is InChI=1S/C24H22N2O/c1-19-23(17-27)25-18-26(19)24(20-11-5-2-6-12-20,21-13-7-3-8-14-21)22-15-9-4-10-16-22/h2-16,18,27H,17H2,1H3. The van der Waals surface area contributed by atoms with E-state index in [9.17, 15) is 5.11 Å². The fourth-order valence-electron chi connectivity index (χ4n) is 3.90. The Morgan fingerprint density at radius 3 is 1.48 bits per heavy atom. The summed E-state index contributed by atoms with van der Waals surface area (Å²) in [7, 11) is 0. The second-order valence-electron chi connectivity index (χ2n) is 6.61. The molecule has 1 heterocycles. The SMILES string of the molecule is Cc1c(CO)ncn1C(c1ccccc1)(c1ccccc1)c1ccccc1. The lowest BCUT2D eigenvalue weighted by Gasteiger charge is -2.38. The smallest absolute Gasteiger partial charge is 0.121 e. The Labute approximate surface area is 159 Å². The van der Waals surface area contributed by atoms with Gasteiger partial charge >= 0.3 is 0 Å². The van der Waals surface area contributed by atoms with E-state index in [0.29, 0.717) is 5.69 Å². The number of rotatable bonds is 5. The molecule has 4 rings (SSSR count). The molecule has 27 heavy (non-hydrogen) atoms. The molecule has 0 spiro atoms. The third-order valence-electron chi connectivity index (χ3n) is 5.19. The van der Waals surface area contributed by atoms with Gasteiger partial charge in [0.2, 0.25) is 0 Å². The van der Waals surface area contributed by atoms with Crippen LogP contribution in [-0.2, 0) is 12.1 Å². The molecule has 0 aliphatic rings. The van der Waals surface area contributed by atoms with Crippen molar-refractivity contribution in [3.8, 4) is 0 Å². The zero-order valence-electron chi connectivity index (χ0n) is 15.3. The van der Waals surface area contributed by atoms with E-state index >= 15 is 0 Å². The molecule has 1 aromatic heterocycles. The van der Waals surface area contributed by atoms with Crippen molar-refractivity contribution in [1.29, 1.82) is 0 Å². The van der Waals surface area contributed by atoms with Gasteiger partial charge in [0.1, 0.15) is 5.54 Å². The average Bonchev–Trinajstić information content (AvgIpc) is 3.12. The molecule has 3 nitrogen and oxygen atoms in total. The predicted molar refractivity (Wildman–Crippen MR) is 107 cm³/mol. The minimum Gasteiger partial charge on any atom is -0.390 e. The molecule has 0 bridgehead atoms. The van der Waals surface area contributed by atoms with E-state index in [-0.39, 0.29) is 6.61 Å². The lowest BCUT2D eigenvalue weighted by Crippen LogP contribution is -2.38. The quantitative estimate of drug-likeness (QED) is 0.535. The third kappa shape index (κ3) is 2.77. The summed E-state index contributed by atoms with van der Waals surface area (Å²) in [6.45, 7) is 1.94. The molecule has 134 valence electrons. The number of nitrogens with zero attached hydrogens (tertiary/aromatic N) is 2. The minimum atomic E-state index is -0.575. The molecule has 0 amide bonds. The number of hydrogen-bond acceptors (Lipinski definition) is 2. The van der Waals surface area contributed by atoms with Crippen LogP contribution < -0.4 is 0 Å². The highest BCUT2D eigenvalue weighted by Crippen LogP contribution is 2.41. The van der Waals surface area contributed by atoms with Crippen LogP contribution in [0.5, 0.6) is 0 Å². The highest BCUT2D eigenvalue weighted by atomic mass is 16.3. The summed E-state index contributed by atoms with van der Waals surface area (Å²) in [6.07, 6.45) is 1.84. The first-order valence-electron chi connectivity index (χ1n) is 9.09. The number of benzene rings is 3. The summed E-state index contributed by atoms with van der Waals surface area (Å²) in [5, 5.41) is 9.73. The van der Waals surface area contributed by atoms with E-state index in [1.165, 1.54) is 0 Å². The zero-order chi connectivity index (χ0) is 18.7. The number of aromatic nitrogens is 2. The van der Waals surface area contributed by atoms with Gasteiger partial charge in [-0.05, 0) is 23.6 Å². The molecule has 3 heteroatoms. The summed E-state index contributed by atoms with van der Waals surface area (Å²) in [5.74, 6) is 0. The van der Waals surface area contributed by atoms with Gasteiger partial charge in [0.05, 0.1) is 18.6 Å². The van der Waals surface area contributed by atoms with Crippen molar-refractivity contribution in [1.82, 2.24) is 9.55 Å². The Hall–Kier alpha value is -3.17. The summed E-state index contributed by atoms with van der Waals surface area (Å²) in [4.78, 5) is 4.49. The molecule has 0 radical (unpaired) electrons. The molecular formula is C24H22N2O. The van der Waals surface area contributed by atoms with Crippen LogP contribution in [0.1, 0.15) is 28.1 Å². The Morgan fingerprint density at radius 1 is 0.741 bits per heavy atom. The average molecular weight is 354 g/mol. The first-order valence-corrected chi connectivity index (χ1v) is 9.09. The van der Waals surface area contributed by atoms with Gasteiger partial charge in [0, 0.05) is 5.69 Å². The van der Waals surface area contributed by atoms with Gasteiger partial charge in [-0.2, -0.15) is 0 Å². The van der Waals surface area contributed by atoms with Gasteiger partial charge < -0.3 is 9.67 Å². The van der Waals surface area contributed by atoms with Gasteiger partial charge in [-0.15, -0.1) is 0 Å². The second kappa shape index (κ2) is 7.22. The van der Waals surface area contributed by atoms with E-state index in [0.717, 1.165) is 22.4 Å². The van der Waals surface area contributed by atoms with Gasteiger partial charge in [-0.3, -0.25) is 0 Å². The fraction of sp³-hybridized carbons (Fsp3) is 0.125. The van der Waals surface area contributed by atoms with Crippen molar-refractivity contribution < 1.29 is 5.11 Å². The Morgan fingerprint density at radius 2 is 1.15 bits per heavy atom. The molecule has 1 N–H and O–H groups in total. The number of aliphatic hydroxyl groups excluding tert-OH is 1. The van der Waals surface area contributed by atoms with Crippen molar-refractivity contribution in [2.45, 2.75) is 19.1 Å².